The molecule has 0 atom stereocenters. The summed E-state index contributed by atoms with van der Waals surface area (Å²) in [6.45, 7) is 0. The lowest BCUT2D eigenvalue weighted by atomic mass is 10.3. The van der Waals surface area contributed by atoms with Gasteiger partial charge in [0.2, 0.25) is 0 Å². The first-order chi connectivity index (χ1) is 5.19. The van der Waals surface area contributed by atoms with E-state index in [1.807, 2.05) is 0 Å². The van der Waals surface area contributed by atoms with Crippen LogP contribution in [0.2, 0.25) is 0 Å². The molecule has 0 bridgehead atoms. The van der Waals surface area contributed by atoms with Gasteiger partial charge in [-0.25, -0.2) is 8.78 Å². The Labute approximate surface area is 62.3 Å². The van der Waals surface area contributed by atoms with E-state index in [-0.39, 0.29) is 0 Å². The van der Waals surface area contributed by atoms with Gasteiger partial charge in [0, 0.05) is 0 Å². The van der Waals surface area contributed by atoms with Gasteiger partial charge in [-0.1, -0.05) is 0 Å². The Morgan fingerprint density at radius 3 is 1.08 bits per heavy atom. The molecule has 12 heavy (non-hydrogen) atoms. The van der Waals surface area contributed by atoms with E-state index in [9.17, 15) is 30.7 Å². The van der Waals surface area contributed by atoms with Crippen molar-refractivity contribution in [3.8, 4) is 0 Å². The van der Waals surface area contributed by atoms with Gasteiger partial charge in [0.25, 0.3) is 0 Å². The number of hydrogen-bond acceptors (Lipinski definition) is 2. The number of hydrazine groups is 1. The largest absolute Gasteiger partial charge is 0.459 e. The molecule has 0 aromatic rings. The topological polar surface area (TPSA) is 52.0 Å². The Morgan fingerprint density at radius 1 is 0.833 bits per heavy atom. The summed E-state index contributed by atoms with van der Waals surface area (Å²) in [4.78, 5) is 0. The van der Waals surface area contributed by atoms with Gasteiger partial charge in [0.05, 0.1) is 0 Å². The summed E-state index contributed by atoms with van der Waals surface area (Å²) in [5, 5.41) is 0. The van der Waals surface area contributed by atoms with Gasteiger partial charge in [0.1, 0.15) is 0 Å². The van der Waals surface area contributed by atoms with E-state index in [1.54, 1.807) is 0 Å². The fourth-order valence-corrected chi connectivity index (χ4v) is 0.124. The molecule has 0 heterocycles. The minimum Gasteiger partial charge on any atom is -0.274 e. The highest BCUT2D eigenvalue weighted by molar-refractivity contribution is 4.77. The number of alkyl halides is 7. The molecule has 0 rings (SSSR count). The van der Waals surface area contributed by atoms with Crippen LogP contribution in [0.15, 0.2) is 0 Å². The van der Waals surface area contributed by atoms with E-state index in [4.69, 9.17) is 0 Å². The van der Waals surface area contributed by atoms with Gasteiger partial charge >= 0.3 is 18.5 Å². The van der Waals surface area contributed by atoms with Crippen LogP contribution in [0, 0.1) is 0 Å². The maximum atomic E-state index is 11.2. The van der Waals surface area contributed by atoms with E-state index in [1.165, 1.54) is 0 Å². The van der Waals surface area contributed by atoms with Crippen LogP contribution in [0.25, 0.3) is 0 Å². The molecule has 0 saturated heterocycles. The normalized spacial score (nSPS) is 12.5. The molecule has 0 amide bonds. The average molecular weight is 202 g/mol. The van der Waals surface area contributed by atoms with Gasteiger partial charge in [0.15, 0.2) is 0 Å². The van der Waals surface area contributed by atoms with E-state index < -0.39 is 18.5 Å². The third-order valence-corrected chi connectivity index (χ3v) is 0.652. The van der Waals surface area contributed by atoms with Gasteiger partial charge < -0.3 is 0 Å². The second-order valence-electron chi connectivity index (χ2n) is 1.42. The third-order valence-electron chi connectivity index (χ3n) is 0.652. The SMILES string of the molecule is FC(F)C(F)(F)C(F)(F)F.NN. The van der Waals surface area contributed by atoms with Crippen molar-refractivity contribution in [2.75, 3.05) is 0 Å². The zero-order chi connectivity index (χ0) is 10.6. The predicted octanol–water partition coefficient (Wildman–Crippen LogP) is 1.27. The van der Waals surface area contributed by atoms with Crippen molar-refractivity contribution < 1.29 is 30.7 Å². The molecule has 0 fully saturated rings. The molecule has 0 aromatic heterocycles. The van der Waals surface area contributed by atoms with Gasteiger partial charge in [-0.15, -0.1) is 0 Å². The Hall–Kier alpha value is -0.570. The Bertz CT molecular complexity index is 118. The van der Waals surface area contributed by atoms with E-state index in [2.05, 4.69) is 11.7 Å². The average Bonchev–Trinajstić information content (AvgIpc) is 1.89. The maximum absolute atomic E-state index is 11.2. The summed E-state index contributed by atoms with van der Waals surface area (Å²) < 4.78 is 76.6. The van der Waals surface area contributed by atoms with Crippen molar-refractivity contribution >= 4 is 0 Å². The van der Waals surface area contributed by atoms with Crippen LogP contribution in [0.4, 0.5) is 30.7 Å². The number of halogens is 7. The van der Waals surface area contributed by atoms with Crippen LogP contribution in [0.3, 0.4) is 0 Å². The molecule has 4 N–H and O–H groups in total. The minimum atomic E-state index is -6.17. The second kappa shape index (κ2) is 4.45. The molecule has 0 aliphatic carbocycles. The number of rotatable bonds is 1. The fourth-order valence-electron chi connectivity index (χ4n) is 0.124. The minimum absolute atomic E-state index is 4.00. The molecule has 0 radical (unpaired) electrons. The maximum Gasteiger partial charge on any atom is 0.459 e. The molecule has 0 saturated carbocycles. The van der Waals surface area contributed by atoms with Crippen LogP contribution in [-0.2, 0) is 0 Å². The first-order valence-electron chi connectivity index (χ1n) is 2.25. The van der Waals surface area contributed by atoms with Crippen LogP contribution in [0.1, 0.15) is 0 Å². The van der Waals surface area contributed by atoms with E-state index in [0.717, 1.165) is 0 Å². The molecule has 0 aliphatic rings. The molecular weight excluding hydrogens is 197 g/mol. The van der Waals surface area contributed by atoms with E-state index in [0.29, 0.717) is 0 Å². The zero-order valence-electron chi connectivity index (χ0n) is 5.38. The molecule has 2 nitrogen and oxygen atoms in total. The van der Waals surface area contributed by atoms with Crippen LogP contribution in [-0.4, -0.2) is 18.5 Å². The third kappa shape index (κ3) is 3.22. The predicted molar refractivity (Wildman–Crippen MR) is 25.4 cm³/mol. The first kappa shape index (κ1) is 14.0. The molecule has 76 valence electrons. The van der Waals surface area contributed by atoms with Crippen LogP contribution in [0.5, 0.6) is 0 Å². The second-order valence-corrected chi connectivity index (χ2v) is 1.42. The van der Waals surface area contributed by atoms with Crippen molar-refractivity contribution in [1.82, 2.24) is 0 Å². The molecular formula is C3H5F7N2. The summed E-state index contributed by atoms with van der Waals surface area (Å²) in [6.07, 6.45) is -10.9. The van der Waals surface area contributed by atoms with Crippen LogP contribution < -0.4 is 11.7 Å². The summed E-state index contributed by atoms with van der Waals surface area (Å²) in [7, 11) is 0. The standard InChI is InChI=1S/C3HF7.H4N2/c4-1(5)2(6,7)3(8,9)10;1-2/h1H;1-2H2. The lowest BCUT2D eigenvalue weighted by molar-refractivity contribution is -0.320. The zero-order valence-corrected chi connectivity index (χ0v) is 5.38. The molecule has 0 aliphatic heterocycles. The highest BCUT2D eigenvalue weighted by atomic mass is 19.4. The lowest BCUT2D eigenvalue weighted by Gasteiger charge is -2.17. The van der Waals surface area contributed by atoms with Crippen molar-refractivity contribution in [3.05, 3.63) is 0 Å². The van der Waals surface area contributed by atoms with Gasteiger partial charge in [-0.05, 0) is 0 Å². The molecule has 0 aromatic carbocycles. The Morgan fingerprint density at radius 2 is 1.08 bits per heavy atom. The van der Waals surface area contributed by atoms with Crippen molar-refractivity contribution in [1.29, 1.82) is 0 Å². The number of nitrogens with two attached hydrogens (primary N) is 2. The highest BCUT2D eigenvalue weighted by Crippen LogP contribution is 2.39. The van der Waals surface area contributed by atoms with Crippen molar-refractivity contribution in [3.63, 3.8) is 0 Å². The molecule has 9 heteroatoms. The summed E-state index contributed by atoms with van der Waals surface area (Å²) in [6, 6.07) is 0. The van der Waals surface area contributed by atoms with Crippen molar-refractivity contribution in [2.45, 2.75) is 18.5 Å². The van der Waals surface area contributed by atoms with Crippen molar-refractivity contribution in [2.24, 2.45) is 11.7 Å². The molecule has 0 unspecified atom stereocenters. The van der Waals surface area contributed by atoms with E-state index >= 15 is 0 Å². The summed E-state index contributed by atoms with van der Waals surface area (Å²) in [5.74, 6) is 2.10. The quantitative estimate of drug-likeness (QED) is 0.382. The van der Waals surface area contributed by atoms with Crippen LogP contribution >= 0.6 is 0 Å². The Kier molecular flexibility index (Phi) is 5.19. The first-order valence-corrected chi connectivity index (χ1v) is 2.25. The summed E-state index contributed by atoms with van der Waals surface area (Å²) in [5.41, 5.74) is 0. The van der Waals surface area contributed by atoms with Gasteiger partial charge in [-0.3, -0.25) is 11.7 Å². The fraction of sp³-hybridized carbons (Fsp3) is 1.00. The number of hydrogen-bond donors (Lipinski definition) is 2. The summed E-state index contributed by atoms with van der Waals surface area (Å²) >= 11 is 0. The molecule has 0 spiro atoms. The monoisotopic (exact) mass is 202 g/mol. The smallest absolute Gasteiger partial charge is 0.274 e. The van der Waals surface area contributed by atoms with Gasteiger partial charge in [-0.2, -0.15) is 22.0 Å². The lowest BCUT2D eigenvalue weighted by Crippen LogP contribution is -2.42. The highest BCUT2D eigenvalue weighted by Gasteiger charge is 2.64. The Balaban J connectivity index is 0.